The lowest BCUT2D eigenvalue weighted by molar-refractivity contribution is 0.217. The third-order valence-electron chi connectivity index (χ3n) is 3.39. The summed E-state index contributed by atoms with van der Waals surface area (Å²) in [6.07, 6.45) is 0.943. The Morgan fingerprint density at radius 2 is 2.29 bits per heavy atom. The summed E-state index contributed by atoms with van der Waals surface area (Å²) in [6, 6.07) is 8.31. The molecule has 110 valence electrons. The molecule has 1 aliphatic rings. The van der Waals surface area contributed by atoms with Gasteiger partial charge in [-0.25, -0.2) is 0 Å². The molecule has 0 bridgehead atoms. The number of hydrogen-bond acceptors (Lipinski definition) is 5. The number of hydrogen-bond donors (Lipinski definition) is 2. The lowest BCUT2D eigenvalue weighted by atomic mass is 9.99. The second-order valence-electron chi connectivity index (χ2n) is 4.95. The number of anilines is 2. The highest BCUT2D eigenvalue weighted by Crippen LogP contribution is 2.33. The molecule has 0 radical (unpaired) electrons. The summed E-state index contributed by atoms with van der Waals surface area (Å²) in [5, 5.41) is 5.70. The van der Waals surface area contributed by atoms with Gasteiger partial charge in [-0.3, -0.25) is 0 Å². The monoisotopic (exact) mass is 336 g/mol. The number of thiocarbonyl (C=S) groups is 1. The van der Waals surface area contributed by atoms with Crippen LogP contribution < -0.4 is 10.0 Å². The molecule has 0 saturated heterocycles. The lowest BCUT2D eigenvalue weighted by Gasteiger charge is -2.15. The molecule has 3 rings (SSSR count). The Kier molecular flexibility index (Phi) is 4.37. The van der Waals surface area contributed by atoms with Crippen LogP contribution in [-0.2, 0) is 11.2 Å². The van der Waals surface area contributed by atoms with Crippen molar-refractivity contribution in [2.45, 2.75) is 30.6 Å². The van der Waals surface area contributed by atoms with Crippen LogP contribution in [0.2, 0.25) is 0 Å². The third kappa shape index (κ3) is 3.33. The van der Waals surface area contributed by atoms with Crippen molar-refractivity contribution in [1.29, 1.82) is 0 Å². The second kappa shape index (κ2) is 6.25. The van der Waals surface area contributed by atoms with E-state index in [-0.39, 0.29) is 6.10 Å². The molecule has 1 unspecified atom stereocenters. The molecule has 1 aliphatic heterocycles. The van der Waals surface area contributed by atoms with Crippen LogP contribution in [0.5, 0.6) is 0 Å². The maximum Gasteiger partial charge on any atom is 0.261 e. The molecule has 2 aromatic rings. The van der Waals surface area contributed by atoms with E-state index in [1.807, 2.05) is 6.92 Å². The first-order valence-corrected chi connectivity index (χ1v) is 8.80. The molecule has 1 aromatic heterocycles. The lowest BCUT2D eigenvalue weighted by Crippen LogP contribution is -2.16. The molecule has 6 heteroatoms. The van der Waals surface area contributed by atoms with Crippen LogP contribution in [-0.4, -0.2) is 11.3 Å². The van der Waals surface area contributed by atoms with Crippen LogP contribution in [0.25, 0.3) is 0 Å². The summed E-state index contributed by atoms with van der Waals surface area (Å²) in [5.74, 6) is 0. The predicted molar refractivity (Wildman–Crippen MR) is 95.4 cm³/mol. The van der Waals surface area contributed by atoms with Gasteiger partial charge < -0.3 is 14.8 Å². The molecule has 2 heterocycles. The van der Waals surface area contributed by atoms with Crippen LogP contribution in [0.15, 0.2) is 33.9 Å². The van der Waals surface area contributed by atoms with E-state index in [9.17, 15) is 0 Å². The highest BCUT2D eigenvalue weighted by Gasteiger charge is 2.19. The van der Waals surface area contributed by atoms with Crippen molar-refractivity contribution in [2.75, 3.05) is 10.0 Å². The van der Waals surface area contributed by atoms with Crippen molar-refractivity contribution in [2.24, 2.45) is 0 Å². The van der Waals surface area contributed by atoms with Gasteiger partial charge in [-0.2, -0.15) is 0 Å². The van der Waals surface area contributed by atoms with E-state index in [0.29, 0.717) is 5.17 Å². The van der Waals surface area contributed by atoms with Gasteiger partial charge >= 0.3 is 0 Å². The van der Waals surface area contributed by atoms with Gasteiger partial charge in [0.1, 0.15) is 6.10 Å². The average molecular weight is 337 g/mol. The standard InChI is InChI=1S/C15H16N2OS3/c1-9-8-11-10(2)12(17-21-14-4-3-7-20-14)5-6-13(11)16-15(19)18-9/h3-7,9,17H,8H2,1-2H3,(H,16,19). The van der Waals surface area contributed by atoms with E-state index in [1.165, 1.54) is 15.3 Å². The van der Waals surface area contributed by atoms with E-state index in [1.54, 1.807) is 23.3 Å². The fourth-order valence-corrected chi connectivity index (χ4v) is 4.11. The first-order valence-electron chi connectivity index (χ1n) is 6.70. The summed E-state index contributed by atoms with van der Waals surface area (Å²) >= 11 is 8.55. The normalized spacial score (nSPS) is 17.4. The summed E-state index contributed by atoms with van der Waals surface area (Å²) in [6.45, 7) is 4.18. The van der Waals surface area contributed by atoms with Crippen molar-refractivity contribution < 1.29 is 4.74 Å². The number of fused-ring (bicyclic) bond motifs is 1. The number of benzene rings is 1. The summed E-state index contributed by atoms with van der Waals surface area (Å²) in [4.78, 5) is 0. The van der Waals surface area contributed by atoms with Gasteiger partial charge in [0.2, 0.25) is 0 Å². The third-order valence-corrected chi connectivity index (χ3v) is 5.45. The molecule has 0 spiro atoms. The summed E-state index contributed by atoms with van der Waals surface area (Å²) in [7, 11) is 0. The number of rotatable bonds is 3. The van der Waals surface area contributed by atoms with E-state index in [4.69, 9.17) is 17.0 Å². The summed E-state index contributed by atoms with van der Waals surface area (Å²) in [5.41, 5.74) is 4.69. The first kappa shape index (κ1) is 14.7. The smallest absolute Gasteiger partial charge is 0.261 e. The topological polar surface area (TPSA) is 33.3 Å². The van der Waals surface area contributed by atoms with Gasteiger partial charge in [-0.15, -0.1) is 11.3 Å². The molecule has 3 nitrogen and oxygen atoms in total. The quantitative estimate of drug-likeness (QED) is 0.619. The maximum absolute atomic E-state index is 5.60. The molecular weight excluding hydrogens is 320 g/mol. The fraction of sp³-hybridized carbons (Fsp3) is 0.267. The van der Waals surface area contributed by atoms with E-state index < -0.39 is 0 Å². The molecule has 1 aromatic carbocycles. The Balaban J connectivity index is 1.85. The Morgan fingerprint density at radius 1 is 1.43 bits per heavy atom. The minimum atomic E-state index is 0.0881. The molecule has 0 fully saturated rings. The minimum absolute atomic E-state index is 0.0881. The van der Waals surface area contributed by atoms with Gasteiger partial charge in [-0.1, -0.05) is 6.07 Å². The highest BCUT2D eigenvalue weighted by atomic mass is 32.2. The maximum atomic E-state index is 5.60. The van der Waals surface area contributed by atoms with Crippen LogP contribution >= 0.6 is 35.5 Å². The van der Waals surface area contributed by atoms with Crippen LogP contribution in [0.3, 0.4) is 0 Å². The predicted octanol–water partition coefficient (Wildman–Crippen LogP) is 4.83. The zero-order valence-corrected chi connectivity index (χ0v) is 14.3. The Morgan fingerprint density at radius 3 is 3.05 bits per heavy atom. The van der Waals surface area contributed by atoms with E-state index in [2.05, 4.69) is 46.6 Å². The van der Waals surface area contributed by atoms with Gasteiger partial charge in [0, 0.05) is 17.8 Å². The Bertz CT molecular complexity index is 655. The number of thiophene rings is 1. The molecule has 1 atom stereocenters. The van der Waals surface area contributed by atoms with Crippen LogP contribution in [0.1, 0.15) is 18.1 Å². The zero-order valence-electron chi connectivity index (χ0n) is 11.8. The van der Waals surface area contributed by atoms with Gasteiger partial charge in [0.15, 0.2) is 0 Å². The van der Waals surface area contributed by atoms with Crippen molar-refractivity contribution in [3.05, 3.63) is 40.8 Å². The van der Waals surface area contributed by atoms with Crippen molar-refractivity contribution >= 4 is 52.1 Å². The molecular formula is C15H16N2OS3. The largest absolute Gasteiger partial charge is 0.467 e. The molecule has 0 aliphatic carbocycles. The first-order chi connectivity index (χ1) is 10.1. The van der Waals surface area contributed by atoms with Crippen molar-refractivity contribution in [3.63, 3.8) is 0 Å². The molecule has 0 saturated carbocycles. The van der Waals surface area contributed by atoms with E-state index >= 15 is 0 Å². The SMILES string of the molecule is Cc1c(NSc2cccs2)ccc2c1CC(C)OC(=S)N2. The fourth-order valence-electron chi connectivity index (χ4n) is 2.33. The Labute approximate surface area is 138 Å². The van der Waals surface area contributed by atoms with Crippen LogP contribution in [0.4, 0.5) is 11.4 Å². The number of ether oxygens (including phenoxy) is 1. The number of nitrogens with one attached hydrogen (secondary N) is 2. The van der Waals surface area contributed by atoms with Gasteiger partial charge in [-0.05, 0) is 72.7 Å². The average Bonchev–Trinajstić information content (AvgIpc) is 2.89. The molecule has 0 amide bonds. The van der Waals surface area contributed by atoms with Crippen molar-refractivity contribution in [1.82, 2.24) is 0 Å². The van der Waals surface area contributed by atoms with E-state index in [0.717, 1.165) is 17.8 Å². The summed E-state index contributed by atoms with van der Waals surface area (Å²) < 4.78 is 10.3. The van der Waals surface area contributed by atoms with Gasteiger partial charge in [0.25, 0.3) is 5.17 Å². The molecule has 21 heavy (non-hydrogen) atoms. The van der Waals surface area contributed by atoms with Gasteiger partial charge in [0.05, 0.1) is 4.21 Å². The van der Waals surface area contributed by atoms with Crippen molar-refractivity contribution in [3.8, 4) is 0 Å². The highest BCUT2D eigenvalue weighted by molar-refractivity contribution is 8.02. The van der Waals surface area contributed by atoms with Crippen LogP contribution in [0, 0.1) is 6.92 Å². The molecule has 2 N–H and O–H groups in total. The minimum Gasteiger partial charge on any atom is -0.467 e. The second-order valence-corrected chi connectivity index (χ2v) is 7.37. The zero-order chi connectivity index (χ0) is 14.8. The Hall–Kier alpha value is -1.24.